The molecule has 1 atom stereocenters. The van der Waals surface area contributed by atoms with Gasteiger partial charge in [0.05, 0.1) is 17.4 Å². The van der Waals surface area contributed by atoms with E-state index in [0.29, 0.717) is 6.04 Å². The van der Waals surface area contributed by atoms with Gasteiger partial charge in [-0.1, -0.05) is 26.0 Å². The van der Waals surface area contributed by atoms with Crippen LogP contribution in [0.15, 0.2) is 30.6 Å². The highest BCUT2D eigenvalue weighted by atomic mass is 15.0. The lowest BCUT2D eigenvalue weighted by molar-refractivity contribution is 0.451. The second-order valence-corrected chi connectivity index (χ2v) is 4.73. The highest BCUT2D eigenvalue weighted by Crippen LogP contribution is 2.13. The molecular formula is C15H23N3. The summed E-state index contributed by atoms with van der Waals surface area (Å²) in [4.78, 5) is 4.42. The third-order valence-corrected chi connectivity index (χ3v) is 3.46. The predicted molar refractivity (Wildman–Crippen MR) is 76.7 cm³/mol. The molecule has 0 aliphatic rings. The van der Waals surface area contributed by atoms with E-state index in [1.165, 1.54) is 24.8 Å². The average molecular weight is 245 g/mol. The van der Waals surface area contributed by atoms with Gasteiger partial charge in [0.2, 0.25) is 0 Å². The molecule has 3 heteroatoms. The predicted octanol–water partition coefficient (Wildman–Crippen LogP) is 3.20. The summed E-state index contributed by atoms with van der Waals surface area (Å²) < 4.78 is 2.26. The second-order valence-electron chi connectivity index (χ2n) is 4.73. The summed E-state index contributed by atoms with van der Waals surface area (Å²) in [5, 5.41) is 3.52. The first-order chi connectivity index (χ1) is 8.85. The van der Waals surface area contributed by atoms with Gasteiger partial charge >= 0.3 is 0 Å². The van der Waals surface area contributed by atoms with Crippen LogP contribution in [0.1, 0.15) is 33.1 Å². The SMILES string of the molecule is CCNC(CC)CCCn1cnc2ccccc21. The van der Waals surface area contributed by atoms with Crippen LogP contribution in [-0.2, 0) is 6.54 Å². The summed E-state index contributed by atoms with van der Waals surface area (Å²) in [6.07, 6.45) is 5.60. The van der Waals surface area contributed by atoms with Crippen molar-refractivity contribution in [2.24, 2.45) is 0 Å². The Morgan fingerprint density at radius 3 is 2.89 bits per heavy atom. The van der Waals surface area contributed by atoms with Gasteiger partial charge in [0.25, 0.3) is 0 Å². The minimum Gasteiger partial charge on any atom is -0.331 e. The largest absolute Gasteiger partial charge is 0.331 e. The molecule has 2 aromatic rings. The Bertz CT molecular complexity index is 475. The van der Waals surface area contributed by atoms with Gasteiger partial charge < -0.3 is 9.88 Å². The number of hydrogen-bond acceptors (Lipinski definition) is 2. The highest BCUT2D eigenvalue weighted by molar-refractivity contribution is 5.74. The molecule has 1 unspecified atom stereocenters. The van der Waals surface area contributed by atoms with E-state index < -0.39 is 0 Å². The first kappa shape index (κ1) is 13.1. The zero-order valence-electron chi connectivity index (χ0n) is 11.4. The number of rotatable bonds is 7. The van der Waals surface area contributed by atoms with Crippen LogP contribution in [0.25, 0.3) is 11.0 Å². The third-order valence-electron chi connectivity index (χ3n) is 3.46. The van der Waals surface area contributed by atoms with Crippen molar-refractivity contribution in [3.63, 3.8) is 0 Å². The summed E-state index contributed by atoms with van der Waals surface area (Å²) in [6, 6.07) is 8.99. The molecule has 0 aliphatic carbocycles. The summed E-state index contributed by atoms with van der Waals surface area (Å²) in [5.74, 6) is 0. The van der Waals surface area contributed by atoms with Crippen LogP contribution in [0.3, 0.4) is 0 Å². The van der Waals surface area contributed by atoms with Gasteiger partial charge in [-0.15, -0.1) is 0 Å². The Morgan fingerprint density at radius 1 is 1.28 bits per heavy atom. The van der Waals surface area contributed by atoms with Crippen LogP contribution < -0.4 is 5.32 Å². The van der Waals surface area contributed by atoms with Crippen molar-refractivity contribution in [1.29, 1.82) is 0 Å². The zero-order valence-corrected chi connectivity index (χ0v) is 11.4. The molecule has 1 aromatic carbocycles. The minimum atomic E-state index is 0.657. The molecule has 2 rings (SSSR count). The first-order valence-corrected chi connectivity index (χ1v) is 6.98. The van der Waals surface area contributed by atoms with Crippen LogP contribution in [0.2, 0.25) is 0 Å². The van der Waals surface area contributed by atoms with E-state index in [-0.39, 0.29) is 0 Å². The molecular weight excluding hydrogens is 222 g/mol. The van der Waals surface area contributed by atoms with Crippen molar-refractivity contribution < 1.29 is 0 Å². The normalized spacial score (nSPS) is 13.0. The number of benzene rings is 1. The molecule has 0 bridgehead atoms. The minimum absolute atomic E-state index is 0.657. The zero-order chi connectivity index (χ0) is 12.8. The van der Waals surface area contributed by atoms with Crippen molar-refractivity contribution in [3.05, 3.63) is 30.6 Å². The number of fused-ring (bicyclic) bond motifs is 1. The van der Waals surface area contributed by atoms with Gasteiger partial charge in [0.1, 0.15) is 0 Å². The summed E-state index contributed by atoms with van der Waals surface area (Å²) in [6.45, 7) is 6.54. The Hall–Kier alpha value is -1.35. The maximum absolute atomic E-state index is 4.42. The van der Waals surface area contributed by atoms with Crippen LogP contribution in [-0.4, -0.2) is 22.1 Å². The van der Waals surface area contributed by atoms with E-state index in [1.807, 2.05) is 12.4 Å². The fourth-order valence-electron chi connectivity index (χ4n) is 2.44. The van der Waals surface area contributed by atoms with Gasteiger partial charge in [0.15, 0.2) is 0 Å². The van der Waals surface area contributed by atoms with Crippen LogP contribution in [0.4, 0.5) is 0 Å². The molecule has 0 spiro atoms. The maximum atomic E-state index is 4.42. The molecule has 0 radical (unpaired) electrons. The van der Waals surface area contributed by atoms with Gasteiger partial charge in [-0.25, -0.2) is 4.98 Å². The second kappa shape index (κ2) is 6.55. The first-order valence-electron chi connectivity index (χ1n) is 6.98. The van der Waals surface area contributed by atoms with Gasteiger partial charge in [-0.2, -0.15) is 0 Å². The van der Waals surface area contributed by atoms with E-state index in [4.69, 9.17) is 0 Å². The lowest BCUT2D eigenvalue weighted by Crippen LogP contribution is -2.28. The van der Waals surface area contributed by atoms with Crippen molar-refractivity contribution in [1.82, 2.24) is 14.9 Å². The van der Waals surface area contributed by atoms with Crippen LogP contribution in [0.5, 0.6) is 0 Å². The number of nitrogens with one attached hydrogen (secondary N) is 1. The van der Waals surface area contributed by atoms with E-state index in [9.17, 15) is 0 Å². The molecule has 98 valence electrons. The summed E-state index contributed by atoms with van der Waals surface area (Å²) >= 11 is 0. The smallest absolute Gasteiger partial charge is 0.0958 e. The number of nitrogens with zero attached hydrogens (tertiary/aromatic N) is 2. The number of aromatic nitrogens is 2. The van der Waals surface area contributed by atoms with E-state index >= 15 is 0 Å². The number of para-hydroxylation sites is 2. The molecule has 18 heavy (non-hydrogen) atoms. The number of aryl methyl sites for hydroxylation is 1. The number of imidazole rings is 1. The van der Waals surface area contributed by atoms with E-state index in [0.717, 1.165) is 18.6 Å². The summed E-state index contributed by atoms with van der Waals surface area (Å²) in [5.41, 5.74) is 2.34. The van der Waals surface area contributed by atoms with Crippen LogP contribution >= 0.6 is 0 Å². The fourth-order valence-corrected chi connectivity index (χ4v) is 2.44. The van der Waals surface area contributed by atoms with Crippen LogP contribution in [0, 0.1) is 0 Å². The monoisotopic (exact) mass is 245 g/mol. The molecule has 1 heterocycles. The standard InChI is InChI=1S/C15H23N3/c1-3-13(16-4-2)8-7-11-18-12-17-14-9-5-6-10-15(14)18/h5-6,9-10,12-13,16H,3-4,7-8,11H2,1-2H3. The van der Waals surface area contributed by atoms with Gasteiger partial charge in [-0.05, 0) is 37.9 Å². The molecule has 0 saturated heterocycles. The lowest BCUT2D eigenvalue weighted by atomic mass is 10.1. The van der Waals surface area contributed by atoms with E-state index in [2.05, 4.69) is 46.9 Å². The quantitative estimate of drug-likeness (QED) is 0.811. The molecule has 1 aromatic heterocycles. The molecule has 1 N–H and O–H groups in total. The maximum Gasteiger partial charge on any atom is 0.0958 e. The molecule has 0 fully saturated rings. The Labute approximate surface area is 109 Å². The molecule has 0 aliphatic heterocycles. The van der Waals surface area contributed by atoms with Crippen molar-refractivity contribution in [2.75, 3.05) is 6.54 Å². The Kier molecular flexibility index (Phi) is 4.76. The highest BCUT2D eigenvalue weighted by Gasteiger charge is 2.05. The molecule has 3 nitrogen and oxygen atoms in total. The van der Waals surface area contributed by atoms with Gasteiger partial charge in [0, 0.05) is 12.6 Å². The Balaban J connectivity index is 1.90. The topological polar surface area (TPSA) is 29.9 Å². The fraction of sp³-hybridized carbons (Fsp3) is 0.533. The van der Waals surface area contributed by atoms with Crippen molar-refractivity contribution >= 4 is 11.0 Å². The number of hydrogen-bond donors (Lipinski definition) is 1. The van der Waals surface area contributed by atoms with Crippen molar-refractivity contribution in [3.8, 4) is 0 Å². The lowest BCUT2D eigenvalue weighted by Gasteiger charge is -2.15. The molecule has 0 saturated carbocycles. The third kappa shape index (κ3) is 3.10. The molecule has 0 amide bonds. The summed E-state index contributed by atoms with van der Waals surface area (Å²) in [7, 11) is 0. The average Bonchev–Trinajstić information content (AvgIpc) is 2.81. The van der Waals surface area contributed by atoms with Gasteiger partial charge in [-0.3, -0.25) is 0 Å². The van der Waals surface area contributed by atoms with Crippen molar-refractivity contribution in [2.45, 2.75) is 45.7 Å². The van der Waals surface area contributed by atoms with E-state index in [1.54, 1.807) is 0 Å². The Morgan fingerprint density at radius 2 is 2.11 bits per heavy atom.